The molecule has 1 amide bonds. The fourth-order valence-corrected chi connectivity index (χ4v) is 3.09. The van der Waals surface area contributed by atoms with Crippen LogP contribution >= 0.6 is 34.5 Å². The quantitative estimate of drug-likeness (QED) is 0.769. The number of hydrogen-bond donors (Lipinski definition) is 1. The molecule has 0 fully saturated rings. The molecular formula is C14H9Cl2N3O2S. The van der Waals surface area contributed by atoms with Crippen LogP contribution in [0.5, 0.6) is 5.88 Å². The standard InChI is InChI=1S/C14H9Cl2N3O2S/c15-8-3-9(16)5-10(4-8)19-12(20)6-21-13-11-1-2-22-14(11)18-7-17-13/h1-5,7H,6H2,(H,19,20). The lowest BCUT2D eigenvalue weighted by molar-refractivity contribution is -0.118. The highest BCUT2D eigenvalue weighted by atomic mass is 35.5. The molecular weight excluding hydrogens is 345 g/mol. The monoisotopic (exact) mass is 353 g/mol. The highest BCUT2D eigenvalue weighted by Crippen LogP contribution is 2.25. The minimum absolute atomic E-state index is 0.175. The molecule has 2 aromatic heterocycles. The molecule has 0 bridgehead atoms. The number of aromatic nitrogens is 2. The average molecular weight is 354 g/mol. The Balaban J connectivity index is 1.66. The van der Waals surface area contributed by atoms with Crippen LogP contribution < -0.4 is 10.1 Å². The number of carbonyl (C=O) groups excluding carboxylic acids is 1. The number of benzene rings is 1. The van der Waals surface area contributed by atoms with Gasteiger partial charge in [-0.05, 0) is 29.6 Å². The number of thiophene rings is 1. The van der Waals surface area contributed by atoms with Crippen molar-refractivity contribution in [3.8, 4) is 5.88 Å². The number of hydrogen-bond acceptors (Lipinski definition) is 5. The van der Waals surface area contributed by atoms with Gasteiger partial charge in [0.1, 0.15) is 11.2 Å². The van der Waals surface area contributed by atoms with Crippen molar-refractivity contribution in [1.29, 1.82) is 0 Å². The first-order valence-corrected chi connectivity index (χ1v) is 7.82. The number of nitrogens with zero attached hydrogens (tertiary/aromatic N) is 2. The van der Waals surface area contributed by atoms with Gasteiger partial charge in [-0.15, -0.1) is 11.3 Å². The molecule has 0 saturated heterocycles. The van der Waals surface area contributed by atoms with Gasteiger partial charge in [-0.1, -0.05) is 23.2 Å². The number of rotatable bonds is 4. The zero-order valence-corrected chi connectivity index (χ0v) is 13.4. The van der Waals surface area contributed by atoms with Crippen molar-refractivity contribution in [2.45, 2.75) is 0 Å². The van der Waals surface area contributed by atoms with E-state index >= 15 is 0 Å². The summed E-state index contributed by atoms with van der Waals surface area (Å²) in [4.78, 5) is 20.9. The Labute approximate surface area is 139 Å². The maximum atomic E-state index is 11.9. The maximum Gasteiger partial charge on any atom is 0.262 e. The molecule has 112 valence electrons. The van der Waals surface area contributed by atoms with E-state index in [0.717, 1.165) is 10.2 Å². The molecule has 22 heavy (non-hydrogen) atoms. The number of halogens is 2. The lowest BCUT2D eigenvalue weighted by Crippen LogP contribution is -2.20. The van der Waals surface area contributed by atoms with E-state index < -0.39 is 0 Å². The van der Waals surface area contributed by atoms with Crippen LogP contribution in [0.25, 0.3) is 10.2 Å². The molecule has 0 aliphatic heterocycles. The third-order valence-corrected chi connectivity index (χ3v) is 3.97. The summed E-state index contributed by atoms with van der Waals surface area (Å²) in [5, 5.41) is 6.22. The van der Waals surface area contributed by atoms with Crippen LogP contribution in [-0.2, 0) is 4.79 Å². The van der Waals surface area contributed by atoms with E-state index in [1.54, 1.807) is 18.2 Å². The number of amides is 1. The summed E-state index contributed by atoms with van der Waals surface area (Å²) in [6.07, 6.45) is 1.41. The van der Waals surface area contributed by atoms with E-state index in [2.05, 4.69) is 15.3 Å². The normalized spacial score (nSPS) is 10.6. The predicted molar refractivity (Wildman–Crippen MR) is 88.0 cm³/mol. The fourth-order valence-electron chi connectivity index (χ4n) is 1.84. The average Bonchev–Trinajstić information content (AvgIpc) is 2.92. The fraction of sp³-hybridized carbons (Fsp3) is 0.0714. The van der Waals surface area contributed by atoms with Gasteiger partial charge in [-0.3, -0.25) is 4.79 Å². The summed E-state index contributed by atoms with van der Waals surface area (Å²) < 4.78 is 5.45. The molecule has 3 rings (SSSR count). The van der Waals surface area contributed by atoms with Crippen molar-refractivity contribution < 1.29 is 9.53 Å². The van der Waals surface area contributed by atoms with Gasteiger partial charge in [0.2, 0.25) is 5.88 Å². The van der Waals surface area contributed by atoms with Gasteiger partial charge in [0.05, 0.1) is 5.39 Å². The molecule has 0 radical (unpaired) electrons. The molecule has 0 saturated carbocycles. The van der Waals surface area contributed by atoms with Crippen LogP contribution in [0.15, 0.2) is 36.0 Å². The van der Waals surface area contributed by atoms with E-state index in [4.69, 9.17) is 27.9 Å². The highest BCUT2D eigenvalue weighted by molar-refractivity contribution is 7.16. The van der Waals surface area contributed by atoms with Crippen molar-refractivity contribution >= 4 is 56.3 Å². The maximum absolute atomic E-state index is 11.9. The molecule has 1 aromatic carbocycles. The predicted octanol–water partition coefficient (Wildman–Crippen LogP) is 4.02. The first kappa shape index (κ1) is 15.0. The van der Waals surface area contributed by atoms with Crippen molar-refractivity contribution in [2.75, 3.05) is 11.9 Å². The number of anilines is 1. The Kier molecular flexibility index (Phi) is 4.42. The molecule has 8 heteroatoms. The second-order valence-corrected chi connectivity index (χ2v) is 6.08. The molecule has 3 aromatic rings. The summed E-state index contributed by atoms with van der Waals surface area (Å²) in [7, 11) is 0. The van der Waals surface area contributed by atoms with Crippen molar-refractivity contribution in [3.63, 3.8) is 0 Å². The second-order valence-electron chi connectivity index (χ2n) is 4.31. The molecule has 0 atom stereocenters. The lowest BCUT2D eigenvalue weighted by Gasteiger charge is -2.08. The third-order valence-electron chi connectivity index (χ3n) is 2.71. The number of nitrogens with one attached hydrogen (secondary N) is 1. The Bertz CT molecular complexity index is 818. The largest absolute Gasteiger partial charge is 0.467 e. The third kappa shape index (κ3) is 3.47. The SMILES string of the molecule is O=C(COc1ncnc2sccc12)Nc1cc(Cl)cc(Cl)c1. The summed E-state index contributed by atoms with van der Waals surface area (Å²) >= 11 is 13.2. The lowest BCUT2D eigenvalue weighted by atomic mass is 10.3. The highest BCUT2D eigenvalue weighted by Gasteiger charge is 2.09. The smallest absolute Gasteiger partial charge is 0.262 e. The molecule has 0 aliphatic rings. The number of fused-ring (bicyclic) bond motifs is 1. The van der Waals surface area contributed by atoms with Crippen LogP contribution in [0.2, 0.25) is 10.0 Å². The van der Waals surface area contributed by atoms with E-state index in [1.807, 2.05) is 11.4 Å². The number of carbonyl (C=O) groups is 1. The Morgan fingerprint density at radius 2 is 2.00 bits per heavy atom. The first-order valence-electron chi connectivity index (χ1n) is 6.19. The van der Waals surface area contributed by atoms with Crippen molar-refractivity contribution in [1.82, 2.24) is 9.97 Å². The van der Waals surface area contributed by atoms with Crippen LogP contribution in [0.3, 0.4) is 0 Å². The van der Waals surface area contributed by atoms with Gasteiger partial charge in [-0.25, -0.2) is 9.97 Å². The van der Waals surface area contributed by atoms with Crippen molar-refractivity contribution in [2.24, 2.45) is 0 Å². The summed E-state index contributed by atoms with van der Waals surface area (Å²) in [6.45, 7) is -0.175. The molecule has 0 unspecified atom stereocenters. The van der Waals surface area contributed by atoms with Gasteiger partial charge in [0, 0.05) is 15.7 Å². The van der Waals surface area contributed by atoms with Gasteiger partial charge in [0.15, 0.2) is 6.61 Å². The molecule has 2 heterocycles. The summed E-state index contributed by atoms with van der Waals surface area (Å²) in [5.74, 6) is 0.0471. The minimum atomic E-state index is -0.333. The molecule has 5 nitrogen and oxygen atoms in total. The summed E-state index contributed by atoms with van der Waals surface area (Å²) in [5.41, 5.74) is 0.509. The minimum Gasteiger partial charge on any atom is -0.467 e. The molecule has 0 spiro atoms. The van der Waals surface area contributed by atoms with E-state index in [-0.39, 0.29) is 12.5 Å². The zero-order valence-electron chi connectivity index (χ0n) is 11.0. The Morgan fingerprint density at radius 3 is 2.77 bits per heavy atom. The number of ether oxygens (including phenoxy) is 1. The van der Waals surface area contributed by atoms with Crippen LogP contribution in [0.4, 0.5) is 5.69 Å². The van der Waals surface area contributed by atoms with Gasteiger partial charge in [0.25, 0.3) is 5.91 Å². The topological polar surface area (TPSA) is 64.1 Å². The summed E-state index contributed by atoms with van der Waals surface area (Å²) in [6, 6.07) is 6.65. The van der Waals surface area contributed by atoms with E-state index in [0.29, 0.717) is 21.6 Å². The Morgan fingerprint density at radius 1 is 1.23 bits per heavy atom. The Hall–Kier alpha value is -1.89. The molecule has 0 aliphatic carbocycles. The van der Waals surface area contributed by atoms with Gasteiger partial charge >= 0.3 is 0 Å². The second kappa shape index (κ2) is 6.48. The van der Waals surface area contributed by atoms with Gasteiger partial charge < -0.3 is 10.1 Å². The first-order chi connectivity index (χ1) is 10.6. The van der Waals surface area contributed by atoms with Gasteiger partial charge in [-0.2, -0.15) is 0 Å². The van der Waals surface area contributed by atoms with Crippen LogP contribution in [0, 0.1) is 0 Å². The van der Waals surface area contributed by atoms with Crippen LogP contribution in [-0.4, -0.2) is 22.5 Å². The van der Waals surface area contributed by atoms with E-state index in [9.17, 15) is 4.79 Å². The zero-order chi connectivity index (χ0) is 15.5. The molecule has 1 N–H and O–H groups in total. The van der Waals surface area contributed by atoms with Crippen LogP contribution in [0.1, 0.15) is 0 Å². The van der Waals surface area contributed by atoms with E-state index in [1.165, 1.54) is 17.7 Å². The van der Waals surface area contributed by atoms with Crippen molar-refractivity contribution in [3.05, 3.63) is 46.0 Å².